The van der Waals surface area contributed by atoms with Crippen LogP contribution in [0, 0.1) is 0 Å². The highest BCUT2D eigenvalue weighted by Crippen LogP contribution is 2.32. The van der Waals surface area contributed by atoms with Crippen molar-refractivity contribution in [3.8, 4) is 33.8 Å². The summed E-state index contributed by atoms with van der Waals surface area (Å²) < 4.78 is 0. The lowest BCUT2D eigenvalue weighted by Crippen LogP contribution is -2.31. The number of fused-ring (bicyclic) bond motifs is 1. The summed E-state index contributed by atoms with van der Waals surface area (Å²) in [7, 11) is 0. The fourth-order valence-corrected chi connectivity index (χ4v) is 4.84. The van der Waals surface area contributed by atoms with Crippen LogP contribution >= 0.6 is 11.6 Å². The quantitative estimate of drug-likeness (QED) is 0.214. The highest BCUT2D eigenvalue weighted by Gasteiger charge is 2.16. The second kappa shape index (κ2) is 11.6. The molecule has 0 aliphatic heterocycles. The summed E-state index contributed by atoms with van der Waals surface area (Å²) in [5, 5.41) is 5.11. The van der Waals surface area contributed by atoms with Crippen LogP contribution in [0.4, 0.5) is 5.82 Å². The van der Waals surface area contributed by atoms with E-state index in [1.807, 2.05) is 60.7 Å². The molecule has 0 bridgehead atoms. The molecule has 6 rings (SSSR count). The summed E-state index contributed by atoms with van der Waals surface area (Å²) in [4.78, 5) is 18.8. The van der Waals surface area contributed by atoms with Crippen LogP contribution in [0.15, 0.2) is 116 Å². The first-order valence-electron chi connectivity index (χ1n) is 13.1. The Balaban J connectivity index is 1.37. The number of nitrogens with two attached hydrogens (primary N) is 1. The Bertz CT molecular complexity index is 1720. The number of aromatic nitrogens is 4. The van der Waals surface area contributed by atoms with Crippen LogP contribution in [0.5, 0.6) is 0 Å². The van der Waals surface area contributed by atoms with Crippen molar-refractivity contribution in [2.24, 2.45) is 5.73 Å². The lowest BCUT2D eigenvalue weighted by Gasteiger charge is -2.16. The molecule has 0 amide bonds. The van der Waals surface area contributed by atoms with Crippen LogP contribution in [0.25, 0.3) is 44.7 Å². The molecule has 0 fully saturated rings. The van der Waals surface area contributed by atoms with Crippen LogP contribution in [-0.2, 0) is 6.42 Å². The summed E-state index contributed by atoms with van der Waals surface area (Å²) in [6.45, 7) is 0.560. The minimum Gasteiger partial charge on any atom is -0.368 e. The molecule has 6 aromatic rings. The Morgan fingerprint density at radius 1 is 0.700 bits per heavy atom. The first-order valence-corrected chi connectivity index (χ1v) is 13.5. The van der Waals surface area contributed by atoms with Crippen LogP contribution in [-0.4, -0.2) is 32.5 Å². The fraction of sp³-hybridized carbons (Fsp3) is 0.0909. The maximum Gasteiger partial charge on any atom is 0.162 e. The van der Waals surface area contributed by atoms with Gasteiger partial charge in [0, 0.05) is 52.7 Å². The smallest absolute Gasteiger partial charge is 0.162 e. The zero-order chi connectivity index (χ0) is 27.3. The van der Waals surface area contributed by atoms with E-state index in [0.29, 0.717) is 12.4 Å². The molecule has 1 atom stereocenters. The first-order chi connectivity index (χ1) is 19.6. The van der Waals surface area contributed by atoms with Crippen molar-refractivity contribution in [2.45, 2.75) is 12.5 Å². The molecule has 196 valence electrons. The van der Waals surface area contributed by atoms with Gasteiger partial charge in [-0.15, -0.1) is 0 Å². The number of hydrogen-bond donors (Lipinski definition) is 2. The van der Waals surface area contributed by atoms with E-state index < -0.39 is 0 Å². The van der Waals surface area contributed by atoms with Crippen molar-refractivity contribution in [2.75, 3.05) is 11.9 Å². The monoisotopic (exact) mass is 542 g/mol. The lowest BCUT2D eigenvalue weighted by molar-refractivity contribution is 0.698. The standard InChI is InChI=1S/C33H27ClN6/c34-27-12-10-24(11-13-27)23-6-8-25(9-7-23)30-31-29(16-19-37-30)33(40-32(39-31)26-14-17-36-18-15-26)38-21-28(35)20-22-4-2-1-3-5-22/h1-19,28H,20-21,35H2,(H,38,39,40)/t28-/m1/s1. The fourth-order valence-electron chi connectivity index (χ4n) is 4.71. The van der Waals surface area contributed by atoms with E-state index in [2.05, 4.69) is 46.7 Å². The SMILES string of the molecule is N[C@@H](CNc1nc(-c2ccncc2)nc2c(-c3ccc(-c4ccc(Cl)cc4)cc3)nccc12)Cc1ccccc1. The summed E-state index contributed by atoms with van der Waals surface area (Å²) in [6, 6.07) is 32.1. The number of pyridine rings is 2. The zero-order valence-corrected chi connectivity index (χ0v) is 22.5. The molecule has 0 aliphatic rings. The van der Waals surface area contributed by atoms with Gasteiger partial charge in [-0.1, -0.05) is 78.3 Å². The number of anilines is 1. The molecule has 0 radical (unpaired) electrons. The van der Waals surface area contributed by atoms with Crippen molar-refractivity contribution < 1.29 is 0 Å². The van der Waals surface area contributed by atoms with Gasteiger partial charge >= 0.3 is 0 Å². The molecule has 0 spiro atoms. The van der Waals surface area contributed by atoms with Crippen molar-refractivity contribution >= 4 is 28.3 Å². The third-order valence-electron chi connectivity index (χ3n) is 6.76. The first kappa shape index (κ1) is 25.6. The van der Waals surface area contributed by atoms with E-state index in [0.717, 1.165) is 56.1 Å². The number of nitrogens with zero attached hydrogens (tertiary/aromatic N) is 4. The van der Waals surface area contributed by atoms with E-state index in [-0.39, 0.29) is 6.04 Å². The minimum atomic E-state index is -0.0847. The maximum atomic E-state index is 6.50. The lowest BCUT2D eigenvalue weighted by atomic mass is 10.0. The third kappa shape index (κ3) is 5.69. The molecule has 3 aromatic carbocycles. The van der Waals surface area contributed by atoms with Gasteiger partial charge in [0.05, 0.1) is 5.69 Å². The molecule has 7 heteroatoms. The Kier molecular flexibility index (Phi) is 7.44. The van der Waals surface area contributed by atoms with E-state index >= 15 is 0 Å². The number of hydrogen-bond acceptors (Lipinski definition) is 6. The molecule has 3 aromatic heterocycles. The van der Waals surface area contributed by atoms with Crippen molar-refractivity contribution in [3.63, 3.8) is 0 Å². The molecular formula is C33H27ClN6. The number of rotatable bonds is 8. The number of nitrogens with one attached hydrogen (secondary N) is 1. The molecule has 3 heterocycles. The van der Waals surface area contributed by atoms with Crippen molar-refractivity contribution in [1.82, 2.24) is 19.9 Å². The van der Waals surface area contributed by atoms with E-state index in [1.165, 1.54) is 5.56 Å². The Morgan fingerprint density at radius 3 is 2.10 bits per heavy atom. The molecule has 0 aliphatic carbocycles. The van der Waals surface area contributed by atoms with Gasteiger partial charge in [0.1, 0.15) is 11.3 Å². The molecule has 0 unspecified atom stereocenters. The third-order valence-corrected chi connectivity index (χ3v) is 7.01. The van der Waals surface area contributed by atoms with Crippen LogP contribution in [0.1, 0.15) is 5.56 Å². The van der Waals surface area contributed by atoms with Gasteiger partial charge in [0.25, 0.3) is 0 Å². The van der Waals surface area contributed by atoms with Crippen LogP contribution < -0.4 is 11.1 Å². The highest BCUT2D eigenvalue weighted by atomic mass is 35.5. The molecule has 0 saturated heterocycles. The molecule has 40 heavy (non-hydrogen) atoms. The Labute approximate surface area is 238 Å². The van der Waals surface area contributed by atoms with Gasteiger partial charge < -0.3 is 11.1 Å². The second-order valence-corrected chi connectivity index (χ2v) is 10.0. The summed E-state index contributed by atoms with van der Waals surface area (Å²) in [6.07, 6.45) is 6.05. The molecule has 6 nitrogen and oxygen atoms in total. The summed E-state index contributed by atoms with van der Waals surface area (Å²) >= 11 is 6.07. The van der Waals surface area contributed by atoms with Crippen LogP contribution in [0.2, 0.25) is 5.02 Å². The van der Waals surface area contributed by atoms with Gasteiger partial charge in [-0.2, -0.15) is 0 Å². The summed E-state index contributed by atoms with van der Waals surface area (Å²) in [5.41, 5.74) is 13.3. The number of halogens is 1. The van der Waals surface area contributed by atoms with Gasteiger partial charge in [0.2, 0.25) is 0 Å². The van der Waals surface area contributed by atoms with E-state index in [9.17, 15) is 0 Å². The van der Waals surface area contributed by atoms with E-state index in [4.69, 9.17) is 32.3 Å². The van der Waals surface area contributed by atoms with Gasteiger partial charge in [-0.25, -0.2) is 9.97 Å². The van der Waals surface area contributed by atoms with Gasteiger partial charge in [-0.05, 0) is 53.4 Å². The maximum absolute atomic E-state index is 6.50. The van der Waals surface area contributed by atoms with Crippen molar-refractivity contribution in [1.29, 1.82) is 0 Å². The summed E-state index contributed by atoms with van der Waals surface area (Å²) in [5.74, 6) is 1.32. The Hall–Kier alpha value is -4.65. The topological polar surface area (TPSA) is 89.6 Å². The average Bonchev–Trinajstić information content (AvgIpc) is 3.01. The normalized spacial score (nSPS) is 11.8. The Morgan fingerprint density at radius 2 is 1.38 bits per heavy atom. The minimum absolute atomic E-state index is 0.0847. The average molecular weight is 543 g/mol. The van der Waals surface area contributed by atoms with Gasteiger partial charge in [0.15, 0.2) is 5.82 Å². The van der Waals surface area contributed by atoms with Gasteiger partial charge in [-0.3, -0.25) is 9.97 Å². The van der Waals surface area contributed by atoms with Crippen LogP contribution in [0.3, 0.4) is 0 Å². The predicted molar refractivity (Wildman–Crippen MR) is 163 cm³/mol. The molecule has 0 saturated carbocycles. The second-order valence-electron chi connectivity index (χ2n) is 9.60. The van der Waals surface area contributed by atoms with E-state index in [1.54, 1.807) is 18.6 Å². The highest BCUT2D eigenvalue weighted by molar-refractivity contribution is 6.30. The molecular weight excluding hydrogens is 516 g/mol. The number of benzene rings is 3. The predicted octanol–water partition coefficient (Wildman–Crippen LogP) is 7.06. The zero-order valence-electron chi connectivity index (χ0n) is 21.7. The largest absolute Gasteiger partial charge is 0.368 e. The van der Waals surface area contributed by atoms with Crippen molar-refractivity contribution in [3.05, 3.63) is 126 Å². The molecule has 3 N–H and O–H groups in total.